The number of hydrogen-bond acceptors (Lipinski definition) is 8. The van der Waals surface area contributed by atoms with Crippen LogP contribution in [-0.2, 0) is 0 Å². The van der Waals surface area contributed by atoms with Crippen LogP contribution in [0.2, 0.25) is 0 Å². The SMILES string of the molecule is c1ccc(-c2cc(-c3ccccc3)nc(-n3c4ccccc4c4ccc(-c5ccc6c(c5)c5ccccc5n6-c5nc(-c6ccccc6)nc(-c6ccccc6)n5)cc43)n2)cc1.c1ccc(-c2nc(-c3ccccc3)nc(-n3c4ccccc4c4ccc(-c5ccc6c(c5)c5ccccc5n6-c5cc(-c6ccccc6)c6ccccc6c5)cc43)n2)cc1. The van der Waals surface area contributed by atoms with Gasteiger partial charge in [-0.05, 0) is 123 Å². The summed E-state index contributed by atoms with van der Waals surface area (Å²) < 4.78 is 9.00. The van der Waals surface area contributed by atoms with E-state index in [1.807, 2.05) is 158 Å². The lowest BCUT2D eigenvalue weighted by molar-refractivity contribution is 0.953. The van der Waals surface area contributed by atoms with Crippen molar-refractivity contribution in [1.29, 1.82) is 0 Å². The number of fused-ring (bicyclic) bond motifs is 13. The molecule has 24 aromatic rings. The Hall–Kier alpha value is -16.7. The largest absolute Gasteiger partial charge is 0.309 e. The smallest absolute Gasteiger partial charge is 0.238 e. The minimum absolute atomic E-state index is 0.565. The summed E-state index contributed by atoms with van der Waals surface area (Å²) in [4.78, 5) is 41.0. The molecule has 0 saturated heterocycles. The van der Waals surface area contributed by atoms with Crippen molar-refractivity contribution in [3.63, 3.8) is 0 Å². The van der Waals surface area contributed by atoms with Crippen molar-refractivity contribution in [3.05, 3.63) is 425 Å². The summed E-state index contributed by atoms with van der Waals surface area (Å²) >= 11 is 0. The molecule has 0 atom stereocenters. The summed E-state index contributed by atoms with van der Waals surface area (Å²) in [6, 6.07) is 149. The van der Waals surface area contributed by atoms with Gasteiger partial charge < -0.3 is 4.57 Å². The van der Waals surface area contributed by atoms with E-state index in [4.69, 9.17) is 39.9 Å². The average Bonchev–Trinajstić information content (AvgIpc) is 1.62. The highest BCUT2D eigenvalue weighted by Gasteiger charge is 2.25. The predicted octanol–water partition coefficient (Wildman–Crippen LogP) is 27.1. The van der Waals surface area contributed by atoms with Crippen molar-refractivity contribution < 1.29 is 0 Å². The van der Waals surface area contributed by atoms with Crippen LogP contribution in [0.5, 0.6) is 0 Å². The maximum Gasteiger partial charge on any atom is 0.238 e. The van der Waals surface area contributed by atoms with Crippen LogP contribution in [0.3, 0.4) is 0 Å². The lowest BCUT2D eigenvalue weighted by Gasteiger charge is -2.14. The normalized spacial score (nSPS) is 11.6. The molecule has 0 aliphatic heterocycles. The number of rotatable bonds is 13. The van der Waals surface area contributed by atoms with Gasteiger partial charge in [0.2, 0.25) is 17.8 Å². The van der Waals surface area contributed by atoms with Crippen LogP contribution in [-0.4, -0.2) is 58.1 Å². The van der Waals surface area contributed by atoms with Gasteiger partial charge in [0.1, 0.15) is 0 Å². The van der Waals surface area contributed by atoms with E-state index in [-0.39, 0.29) is 0 Å². The van der Waals surface area contributed by atoms with Crippen molar-refractivity contribution in [2.45, 2.75) is 0 Å². The molecular formula is C110H70N12. The highest BCUT2D eigenvalue weighted by atomic mass is 15.2. The first-order valence-electron chi connectivity index (χ1n) is 41.0. The third-order valence-corrected chi connectivity index (χ3v) is 23.4. The lowest BCUT2D eigenvalue weighted by Crippen LogP contribution is -2.06. The average molecular weight is 1560 g/mol. The van der Waals surface area contributed by atoms with Gasteiger partial charge in [-0.15, -0.1) is 0 Å². The second-order valence-electron chi connectivity index (χ2n) is 30.6. The van der Waals surface area contributed by atoms with E-state index in [1.165, 1.54) is 38.2 Å². The molecule has 0 radical (unpaired) electrons. The van der Waals surface area contributed by atoms with Crippen LogP contribution in [0.15, 0.2) is 425 Å². The fourth-order valence-electron chi connectivity index (χ4n) is 17.7. The van der Waals surface area contributed by atoms with E-state index < -0.39 is 0 Å². The molecule has 7 heterocycles. The molecule has 0 unspecified atom stereocenters. The molecule has 7 aromatic heterocycles. The standard InChI is InChI=1S/C55H35N7.C55H35N5/c1-5-17-36(18-6-1)46-35-47(37-19-7-2-8-20-37)57-54(56-46)62-48-27-15-13-25-42(48)44-31-29-41(34-51(44)62)40-30-32-50-45(33-40)43-26-14-16-28-49(43)61(50)55-59-52(38-21-9-3-10-22-38)58-53(60-55)39-23-11-4-12-24-39;1-4-16-36(17-5-1)47-35-42(32-41-22-10-11-23-43(41)47)59-49-26-14-13-25-45(49)48-33-39(29-31-51(48)59)40-28-30-46-44-24-12-15-27-50(44)60(52(46)34-40)55-57-53(37-18-6-2-7-19-37)56-54(58-55)38-20-8-3-9-21-38/h1-35H;1-35H. The first kappa shape index (κ1) is 70.7. The van der Waals surface area contributed by atoms with Gasteiger partial charge in [0.05, 0.1) is 55.5 Å². The summed E-state index contributed by atoms with van der Waals surface area (Å²) in [7, 11) is 0. The van der Waals surface area contributed by atoms with E-state index >= 15 is 0 Å². The van der Waals surface area contributed by atoms with Crippen LogP contribution < -0.4 is 0 Å². The van der Waals surface area contributed by atoms with Gasteiger partial charge >= 0.3 is 0 Å². The number of aromatic nitrogens is 12. The Labute approximate surface area is 701 Å². The van der Waals surface area contributed by atoms with Gasteiger partial charge in [0.15, 0.2) is 23.3 Å². The summed E-state index contributed by atoms with van der Waals surface area (Å²) in [5.41, 5.74) is 24.0. The zero-order chi connectivity index (χ0) is 80.6. The number of para-hydroxylation sites is 4. The molecule has 17 aromatic carbocycles. The second-order valence-corrected chi connectivity index (χ2v) is 30.6. The number of benzene rings is 17. The Morgan fingerprint density at radius 3 is 0.828 bits per heavy atom. The molecule has 12 nitrogen and oxygen atoms in total. The minimum atomic E-state index is 0.565. The Morgan fingerprint density at radius 2 is 0.426 bits per heavy atom. The Bertz CT molecular complexity index is 8000. The quantitative estimate of drug-likeness (QED) is 0.112. The third kappa shape index (κ3) is 12.5. The molecule has 0 aliphatic rings. The number of hydrogen-bond donors (Lipinski definition) is 0. The first-order chi connectivity index (χ1) is 60.5. The topological polar surface area (TPSA) is 123 Å². The highest BCUT2D eigenvalue weighted by molar-refractivity contribution is 6.15. The molecule has 570 valence electrons. The van der Waals surface area contributed by atoms with E-state index in [1.54, 1.807) is 0 Å². The van der Waals surface area contributed by atoms with Crippen molar-refractivity contribution in [2.24, 2.45) is 0 Å². The number of nitrogens with zero attached hydrogens (tertiary/aromatic N) is 12. The molecule has 24 rings (SSSR count). The zero-order valence-electron chi connectivity index (χ0n) is 65.8. The van der Waals surface area contributed by atoms with Gasteiger partial charge in [-0.25, -0.2) is 19.9 Å². The molecule has 0 fully saturated rings. The molecule has 12 heteroatoms. The van der Waals surface area contributed by atoms with Crippen molar-refractivity contribution in [1.82, 2.24) is 58.1 Å². The molecule has 0 bridgehead atoms. The summed E-state index contributed by atoms with van der Waals surface area (Å²) in [5.74, 6) is 4.26. The van der Waals surface area contributed by atoms with Gasteiger partial charge in [-0.3, -0.25) is 13.7 Å². The molecule has 0 aliphatic carbocycles. The first-order valence-corrected chi connectivity index (χ1v) is 41.0. The van der Waals surface area contributed by atoms with Gasteiger partial charge in [-0.1, -0.05) is 346 Å². The molecule has 0 spiro atoms. The summed E-state index contributed by atoms with van der Waals surface area (Å²) in [5, 5.41) is 11.7. The van der Waals surface area contributed by atoms with Crippen LogP contribution in [0, 0.1) is 0 Å². The fraction of sp³-hybridized carbons (Fsp3) is 0. The summed E-state index contributed by atoms with van der Waals surface area (Å²) in [6.45, 7) is 0. The van der Waals surface area contributed by atoms with Crippen LogP contribution in [0.25, 0.3) is 223 Å². The lowest BCUT2D eigenvalue weighted by atomic mass is 9.97. The molecule has 0 N–H and O–H groups in total. The van der Waals surface area contributed by atoms with Crippen molar-refractivity contribution in [2.75, 3.05) is 0 Å². The van der Waals surface area contributed by atoms with E-state index in [0.717, 1.165) is 144 Å². The van der Waals surface area contributed by atoms with Gasteiger partial charge in [0, 0.05) is 82.2 Å². The van der Waals surface area contributed by atoms with E-state index in [2.05, 4.69) is 285 Å². The molecule has 0 saturated carbocycles. The molecular weight excluding hydrogens is 1490 g/mol. The molecule has 0 amide bonds. The summed E-state index contributed by atoms with van der Waals surface area (Å²) in [6.07, 6.45) is 0. The van der Waals surface area contributed by atoms with Gasteiger partial charge in [0.25, 0.3) is 0 Å². The highest BCUT2D eigenvalue weighted by Crippen LogP contribution is 2.44. The fourth-order valence-corrected chi connectivity index (χ4v) is 17.7. The van der Waals surface area contributed by atoms with Crippen molar-refractivity contribution in [3.8, 4) is 125 Å². The Kier molecular flexibility index (Phi) is 17.3. The predicted molar refractivity (Wildman–Crippen MR) is 499 cm³/mol. The Balaban J connectivity index is 0.000000142. The monoisotopic (exact) mass is 1560 g/mol. The van der Waals surface area contributed by atoms with E-state index in [9.17, 15) is 0 Å². The minimum Gasteiger partial charge on any atom is -0.309 e. The van der Waals surface area contributed by atoms with Crippen LogP contribution in [0.1, 0.15) is 0 Å². The van der Waals surface area contributed by atoms with Gasteiger partial charge in [-0.2, -0.15) is 19.9 Å². The van der Waals surface area contributed by atoms with Crippen LogP contribution >= 0.6 is 0 Å². The molecule has 122 heavy (non-hydrogen) atoms. The third-order valence-electron chi connectivity index (χ3n) is 23.4. The second kappa shape index (κ2) is 29.8. The van der Waals surface area contributed by atoms with Crippen molar-refractivity contribution >= 4 is 98.0 Å². The maximum atomic E-state index is 5.26. The zero-order valence-corrected chi connectivity index (χ0v) is 65.8. The Morgan fingerprint density at radius 1 is 0.148 bits per heavy atom. The van der Waals surface area contributed by atoms with E-state index in [0.29, 0.717) is 41.1 Å². The maximum absolute atomic E-state index is 5.26. The van der Waals surface area contributed by atoms with Crippen LogP contribution in [0.4, 0.5) is 0 Å².